The second-order valence-corrected chi connectivity index (χ2v) is 6.27. The Hall–Kier alpha value is -1.69. The number of thiophene rings is 1. The fraction of sp³-hybridized carbons (Fsp3) is 0.500. The molecule has 3 rings (SSSR count). The Morgan fingerprint density at radius 1 is 1.55 bits per heavy atom. The third-order valence-corrected chi connectivity index (χ3v) is 5.02. The minimum Gasteiger partial charge on any atom is -0.481 e. The standard InChI is InChI=1S/C14H17N3O2S/c1-2-8-6-9(10(7-8)14(18)19)12-15-13(17-16-12)11-4-3-5-20-11/h3-5,8-10H,2,6-7H2,1H3,(H,18,19)(H,15,16,17). The van der Waals surface area contributed by atoms with Crippen LogP contribution in [0.3, 0.4) is 0 Å². The molecule has 2 aromatic rings. The molecule has 1 aliphatic rings. The molecule has 2 N–H and O–H groups in total. The summed E-state index contributed by atoms with van der Waals surface area (Å²) in [6.45, 7) is 2.11. The molecule has 0 spiro atoms. The largest absolute Gasteiger partial charge is 0.481 e. The van der Waals surface area contributed by atoms with E-state index < -0.39 is 5.97 Å². The summed E-state index contributed by atoms with van der Waals surface area (Å²) >= 11 is 1.58. The van der Waals surface area contributed by atoms with E-state index in [9.17, 15) is 9.90 Å². The fourth-order valence-corrected chi connectivity index (χ4v) is 3.67. The van der Waals surface area contributed by atoms with Gasteiger partial charge in [-0.3, -0.25) is 9.89 Å². The van der Waals surface area contributed by atoms with E-state index >= 15 is 0 Å². The lowest BCUT2D eigenvalue weighted by molar-refractivity contribution is -0.142. The molecule has 106 valence electrons. The predicted molar refractivity (Wildman–Crippen MR) is 76.6 cm³/mol. The number of carbonyl (C=O) groups is 1. The average molecular weight is 291 g/mol. The van der Waals surface area contributed by atoms with E-state index in [1.165, 1.54) is 0 Å². The van der Waals surface area contributed by atoms with Gasteiger partial charge in [0.05, 0.1) is 10.8 Å². The van der Waals surface area contributed by atoms with Crippen molar-refractivity contribution in [1.29, 1.82) is 0 Å². The molecule has 5 nitrogen and oxygen atoms in total. The minimum atomic E-state index is -0.722. The van der Waals surface area contributed by atoms with Gasteiger partial charge in [-0.15, -0.1) is 11.3 Å². The second-order valence-electron chi connectivity index (χ2n) is 5.32. The highest BCUT2D eigenvalue weighted by Crippen LogP contribution is 2.43. The molecule has 0 saturated heterocycles. The molecular formula is C14H17N3O2S. The maximum absolute atomic E-state index is 11.4. The topological polar surface area (TPSA) is 78.9 Å². The van der Waals surface area contributed by atoms with Crippen molar-refractivity contribution in [3.8, 4) is 10.7 Å². The van der Waals surface area contributed by atoms with Crippen molar-refractivity contribution in [1.82, 2.24) is 15.2 Å². The molecule has 0 aromatic carbocycles. The van der Waals surface area contributed by atoms with Crippen molar-refractivity contribution in [3.05, 3.63) is 23.3 Å². The Bertz CT molecular complexity index is 593. The van der Waals surface area contributed by atoms with E-state index in [4.69, 9.17) is 0 Å². The summed E-state index contributed by atoms with van der Waals surface area (Å²) in [5.41, 5.74) is 0. The number of aromatic amines is 1. The summed E-state index contributed by atoms with van der Waals surface area (Å²) in [5.74, 6) is 0.745. The van der Waals surface area contributed by atoms with Crippen LogP contribution in [0.5, 0.6) is 0 Å². The molecule has 6 heteroatoms. The Kier molecular flexibility index (Phi) is 3.56. The van der Waals surface area contributed by atoms with Crippen molar-refractivity contribution < 1.29 is 9.90 Å². The van der Waals surface area contributed by atoms with Gasteiger partial charge in [0.2, 0.25) is 0 Å². The zero-order valence-electron chi connectivity index (χ0n) is 11.2. The predicted octanol–water partition coefficient (Wildman–Crippen LogP) is 3.14. The van der Waals surface area contributed by atoms with Crippen LogP contribution >= 0.6 is 11.3 Å². The zero-order valence-corrected chi connectivity index (χ0v) is 12.1. The van der Waals surface area contributed by atoms with Crippen LogP contribution in [0.15, 0.2) is 17.5 Å². The van der Waals surface area contributed by atoms with Crippen molar-refractivity contribution in [2.75, 3.05) is 0 Å². The summed E-state index contributed by atoms with van der Waals surface area (Å²) in [6.07, 6.45) is 2.64. The number of hydrogen-bond donors (Lipinski definition) is 2. The molecule has 1 fully saturated rings. The van der Waals surface area contributed by atoms with Gasteiger partial charge in [0.15, 0.2) is 5.82 Å². The molecule has 0 aliphatic heterocycles. The van der Waals surface area contributed by atoms with Crippen molar-refractivity contribution in [2.45, 2.75) is 32.1 Å². The first kappa shape index (κ1) is 13.3. The fourth-order valence-electron chi connectivity index (χ4n) is 3.01. The van der Waals surface area contributed by atoms with E-state index in [2.05, 4.69) is 22.1 Å². The molecule has 1 aliphatic carbocycles. The summed E-state index contributed by atoms with van der Waals surface area (Å²) in [7, 11) is 0. The smallest absolute Gasteiger partial charge is 0.307 e. The first-order valence-electron chi connectivity index (χ1n) is 6.88. The van der Waals surface area contributed by atoms with E-state index in [1.807, 2.05) is 17.5 Å². The van der Waals surface area contributed by atoms with E-state index in [0.29, 0.717) is 11.7 Å². The monoisotopic (exact) mass is 291 g/mol. The summed E-state index contributed by atoms with van der Waals surface area (Å²) < 4.78 is 0. The number of hydrogen-bond acceptors (Lipinski definition) is 4. The summed E-state index contributed by atoms with van der Waals surface area (Å²) in [5, 5.41) is 18.5. The molecule has 0 radical (unpaired) electrons. The highest BCUT2D eigenvalue weighted by molar-refractivity contribution is 7.13. The van der Waals surface area contributed by atoms with Crippen LogP contribution in [0.1, 0.15) is 37.9 Å². The quantitative estimate of drug-likeness (QED) is 0.907. The lowest BCUT2D eigenvalue weighted by Crippen LogP contribution is -2.17. The maximum Gasteiger partial charge on any atom is 0.307 e. The van der Waals surface area contributed by atoms with Crippen LogP contribution in [-0.4, -0.2) is 26.3 Å². The summed E-state index contributed by atoms with van der Waals surface area (Å²) in [6, 6.07) is 3.93. The minimum absolute atomic E-state index is 0.0429. The van der Waals surface area contributed by atoms with Crippen LogP contribution in [0.25, 0.3) is 10.7 Å². The number of nitrogens with zero attached hydrogens (tertiary/aromatic N) is 2. The van der Waals surface area contributed by atoms with Crippen LogP contribution in [-0.2, 0) is 4.79 Å². The molecule has 20 heavy (non-hydrogen) atoms. The second kappa shape index (κ2) is 5.36. The first-order valence-corrected chi connectivity index (χ1v) is 7.76. The van der Waals surface area contributed by atoms with Crippen molar-refractivity contribution >= 4 is 17.3 Å². The number of aromatic nitrogens is 3. The Labute approximate surface area is 121 Å². The Morgan fingerprint density at radius 2 is 2.40 bits per heavy atom. The van der Waals surface area contributed by atoms with Crippen molar-refractivity contribution in [2.24, 2.45) is 11.8 Å². The van der Waals surface area contributed by atoms with Crippen LogP contribution in [0, 0.1) is 11.8 Å². The van der Waals surface area contributed by atoms with Crippen LogP contribution < -0.4 is 0 Å². The molecule has 2 aromatic heterocycles. The molecular weight excluding hydrogens is 274 g/mol. The van der Waals surface area contributed by atoms with Gasteiger partial charge >= 0.3 is 5.97 Å². The van der Waals surface area contributed by atoms with Gasteiger partial charge in [-0.05, 0) is 30.2 Å². The van der Waals surface area contributed by atoms with Crippen LogP contribution in [0.2, 0.25) is 0 Å². The number of nitrogens with one attached hydrogen (secondary N) is 1. The zero-order chi connectivity index (χ0) is 14.1. The lowest BCUT2D eigenvalue weighted by Gasteiger charge is -2.11. The Morgan fingerprint density at radius 3 is 3.05 bits per heavy atom. The van der Waals surface area contributed by atoms with Gasteiger partial charge in [-0.1, -0.05) is 19.4 Å². The normalized spacial score (nSPS) is 25.9. The first-order chi connectivity index (χ1) is 9.69. The van der Waals surface area contributed by atoms with E-state index in [-0.39, 0.29) is 11.8 Å². The van der Waals surface area contributed by atoms with Gasteiger partial charge in [-0.2, -0.15) is 5.10 Å². The highest BCUT2D eigenvalue weighted by atomic mass is 32.1. The van der Waals surface area contributed by atoms with Gasteiger partial charge in [0.1, 0.15) is 5.82 Å². The summed E-state index contributed by atoms with van der Waals surface area (Å²) in [4.78, 5) is 16.9. The number of carboxylic acids is 1. The Balaban J connectivity index is 1.86. The lowest BCUT2D eigenvalue weighted by atomic mass is 9.96. The van der Waals surface area contributed by atoms with E-state index in [1.54, 1.807) is 11.3 Å². The van der Waals surface area contributed by atoms with Gasteiger partial charge in [0.25, 0.3) is 0 Å². The van der Waals surface area contributed by atoms with Gasteiger partial charge in [-0.25, -0.2) is 4.98 Å². The molecule has 3 unspecified atom stereocenters. The van der Waals surface area contributed by atoms with E-state index in [0.717, 1.165) is 30.0 Å². The van der Waals surface area contributed by atoms with Crippen molar-refractivity contribution in [3.63, 3.8) is 0 Å². The third kappa shape index (κ3) is 2.35. The number of aliphatic carboxylic acids is 1. The highest BCUT2D eigenvalue weighted by Gasteiger charge is 2.40. The molecule has 3 atom stereocenters. The molecule has 2 heterocycles. The molecule has 0 amide bonds. The van der Waals surface area contributed by atoms with Crippen LogP contribution in [0.4, 0.5) is 0 Å². The SMILES string of the molecule is CCC1CC(C(=O)O)C(c2nc(-c3cccs3)n[nH]2)C1. The number of H-pyrrole nitrogens is 1. The average Bonchev–Trinajstić information content (AvgIpc) is 3.17. The number of carboxylic acid groups (broad SMARTS) is 1. The van der Waals surface area contributed by atoms with Gasteiger partial charge < -0.3 is 5.11 Å². The van der Waals surface area contributed by atoms with Gasteiger partial charge in [0, 0.05) is 5.92 Å². The third-order valence-electron chi connectivity index (χ3n) is 4.15. The molecule has 0 bridgehead atoms. The number of rotatable bonds is 4. The maximum atomic E-state index is 11.4. The molecule has 1 saturated carbocycles.